The van der Waals surface area contributed by atoms with E-state index in [1.54, 1.807) is 25.1 Å². The molecule has 1 atom stereocenters. The van der Waals surface area contributed by atoms with E-state index in [0.717, 1.165) is 22.0 Å². The van der Waals surface area contributed by atoms with Crippen LogP contribution in [0.3, 0.4) is 0 Å². The van der Waals surface area contributed by atoms with Crippen molar-refractivity contribution in [1.29, 1.82) is 0 Å². The average Bonchev–Trinajstić information content (AvgIpc) is 2.81. The summed E-state index contributed by atoms with van der Waals surface area (Å²) in [5.74, 6) is 1.80. The van der Waals surface area contributed by atoms with Crippen LogP contribution in [-0.4, -0.2) is 13.7 Å². The van der Waals surface area contributed by atoms with Crippen LogP contribution >= 0.6 is 11.8 Å². The summed E-state index contributed by atoms with van der Waals surface area (Å²) in [6.45, 7) is 2.51. The topological polar surface area (TPSA) is 48.4 Å². The minimum atomic E-state index is 0.164. The van der Waals surface area contributed by atoms with Crippen molar-refractivity contribution >= 4 is 11.8 Å². The Balaban J connectivity index is 2.25. The van der Waals surface area contributed by atoms with Crippen molar-refractivity contribution in [2.45, 2.75) is 17.1 Å². The first-order valence-corrected chi connectivity index (χ1v) is 6.68. The molecule has 0 spiro atoms. The van der Waals surface area contributed by atoms with Gasteiger partial charge in [0.2, 0.25) is 0 Å². The highest BCUT2D eigenvalue weighted by Gasteiger charge is 2.17. The Labute approximate surface area is 111 Å². The molecule has 0 saturated carbocycles. The van der Waals surface area contributed by atoms with Crippen molar-refractivity contribution in [1.82, 2.24) is 0 Å². The predicted octanol–water partition coefficient (Wildman–Crippen LogP) is 3.39. The van der Waals surface area contributed by atoms with Gasteiger partial charge in [-0.05, 0) is 19.1 Å². The summed E-state index contributed by atoms with van der Waals surface area (Å²) in [6.07, 6.45) is 1.70. The number of aryl methyl sites for hydroxylation is 1. The molecule has 2 N–H and O–H groups in total. The van der Waals surface area contributed by atoms with Gasteiger partial charge in [-0.1, -0.05) is 18.2 Å². The van der Waals surface area contributed by atoms with Gasteiger partial charge < -0.3 is 14.9 Å². The Morgan fingerprint density at radius 2 is 2.11 bits per heavy atom. The van der Waals surface area contributed by atoms with Gasteiger partial charge in [0.05, 0.1) is 18.6 Å². The van der Waals surface area contributed by atoms with Crippen molar-refractivity contribution in [3.63, 3.8) is 0 Å². The van der Waals surface area contributed by atoms with Crippen LogP contribution in [-0.2, 0) is 0 Å². The zero-order chi connectivity index (χ0) is 13.0. The Hall–Kier alpha value is -1.39. The zero-order valence-electron chi connectivity index (χ0n) is 10.6. The first kappa shape index (κ1) is 13.1. The second-order valence-electron chi connectivity index (χ2n) is 3.93. The van der Waals surface area contributed by atoms with E-state index in [2.05, 4.69) is 6.07 Å². The van der Waals surface area contributed by atoms with Gasteiger partial charge in [0.25, 0.3) is 0 Å². The number of hydrogen-bond acceptors (Lipinski definition) is 4. The van der Waals surface area contributed by atoms with E-state index in [1.807, 2.05) is 31.2 Å². The summed E-state index contributed by atoms with van der Waals surface area (Å²) in [5, 5.41) is 0.164. The molecule has 0 radical (unpaired) electrons. The molecular formula is C14H17NO2S. The molecule has 0 aliphatic rings. The molecule has 0 aliphatic heterocycles. The number of hydrogen-bond donors (Lipinski definition) is 1. The number of methoxy groups -OCH3 is 1. The van der Waals surface area contributed by atoms with Gasteiger partial charge in [-0.15, -0.1) is 11.8 Å². The van der Waals surface area contributed by atoms with Gasteiger partial charge in [0, 0.05) is 17.0 Å². The number of para-hydroxylation sites is 1. The normalized spacial score (nSPS) is 12.4. The Morgan fingerprint density at radius 1 is 1.33 bits per heavy atom. The van der Waals surface area contributed by atoms with Crippen molar-refractivity contribution in [2.75, 3.05) is 13.7 Å². The fraction of sp³-hybridized carbons (Fsp3) is 0.286. The molecule has 0 saturated heterocycles. The van der Waals surface area contributed by atoms with E-state index in [-0.39, 0.29) is 5.25 Å². The third-order valence-electron chi connectivity index (χ3n) is 2.78. The van der Waals surface area contributed by atoms with Gasteiger partial charge in [0.1, 0.15) is 11.5 Å². The van der Waals surface area contributed by atoms with Crippen molar-refractivity contribution in [3.8, 4) is 5.75 Å². The van der Waals surface area contributed by atoms with Crippen LogP contribution in [0.15, 0.2) is 45.9 Å². The van der Waals surface area contributed by atoms with E-state index in [9.17, 15) is 0 Å². The Kier molecular flexibility index (Phi) is 4.33. The number of rotatable bonds is 5. The largest absolute Gasteiger partial charge is 0.496 e. The lowest BCUT2D eigenvalue weighted by Gasteiger charge is -2.17. The lowest BCUT2D eigenvalue weighted by molar-refractivity contribution is 0.409. The maximum atomic E-state index is 5.89. The molecular weight excluding hydrogens is 246 g/mol. The molecule has 3 nitrogen and oxygen atoms in total. The van der Waals surface area contributed by atoms with Crippen LogP contribution in [0.1, 0.15) is 16.6 Å². The number of thioether (sulfide) groups is 1. The Bertz CT molecular complexity index is 510. The molecule has 1 heterocycles. The number of nitrogens with two attached hydrogens (primary N) is 1. The van der Waals surface area contributed by atoms with E-state index < -0.39 is 0 Å². The number of furan rings is 1. The summed E-state index contributed by atoms with van der Waals surface area (Å²) in [7, 11) is 1.68. The van der Waals surface area contributed by atoms with Crippen molar-refractivity contribution < 1.29 is 9.15 Å². The monoisotopic (exact) mass is 263 g/mol. The second-order valence-corrected chi connectivity index (χ2v) is 5.17. The molecule has 1 unspecified atom stereocenters. The van der Waals surface area contributed by atoms with Crippen LogP contribution < -0.4 is 10.5 Å². The lowest BCUT2D eigenvalue weighted by atomic mass is 10.1. The molecule has 1 aromatic carbocycles. The minimum Gasteiger partial charge on any atom is -0.496 e. The third kappa shape index (κ3) is 2.71. The first-order valence-electron chi connectivity index (χ1n) is 5.80. The zero-order valence-corrected chi connectivity index (χ0v) is 11.4. The average molecular weight is 263 g/mol. The summed E-state index contributed by atoms with van der Waals surface area (Å²) < 4.78 is 10.7. The van der Waals surface area contributed by atoms with Crippen molar-refractivity contribution in [2.24, 2.45) is 5.73 Å². The molecule has 0 fully saturated rings. The quantitative estimate of drug-likeness (QED) is 0.840. The van der Waals surface area contributed by atoms with Crippen LogP contribution in [0.25, 0.3) is 0 Å². The minimum absolute atomic E-state index is 0.164. The lowest BCUT2D eigenvalue weighted by Crippen LogP contribution is -2.10. The maximum Gasteiger partial charge on any atom is 0.123 e. The smallest absolute Gasteiger partial charge is 0.123 e. The van der Waals surface area contributed by atoms with Crippen molar-refractivity contribution in [3.05, 3.63) is 47.9 Å². The molecule has 0 bridgehead atoms. The van der Waals surface area contributed by atoms with E-state index >= 15 is 0 Å². The SMILES string of the molecule is COc1ccccc1C(CN)Sc1ccoc1C. The van der Waals surface area contributed by atoms with Gasteiger partial charge in [-0.3, -0.25) is 0 Å². The van der Waals surface area contributed by atoms with E-state index in [0.29, 0.717) is 6.54 Å². The molecule has 96 valence electrons. The maximum absolute atomic E-state index is 5.89. The van der Waals surface area contributed by atoms with Gasteiger partial charge >= 0.3 is 0 Å². The van der Waals surface area contributed by atoms with E-state index in [4.69, 9.17) is 14.9 Å². The molecule has 1 aromatic heterocycles. The molecule has 2 rings (SSSR count). The van der Waals surface area contributed by atoms with Crippen LogP contribution in [0.2, 0.25) is 0 Å². The summed E-state index contributed by atoms with van der Waals surface area (Å²) in [5.41, 5.74) is 7.01. The molecule has 0 amide bonds. The van der Waals surface area contributed by atoms with E-state index in [1.165, 1.54) is 0 Å². The van der Waals surface area contributed by atoms with Gasteiger partial charge in [-0.25, -0.2) is 0 Å². The fourth-order valence-electron chi connectivity index (χ4n) is 1.82. The Morgan fingerprint density at radius 3 is 2.72 bits per heavy atom. The highest BCUT2D eigenvalue weighted by Crippen LogP contribution is 2.39. The number of ether oxygens (including phenoxy) is 1. The molecule has 18 heavy (non-hydrogen) atoms. The van der Waals surface area contributed by atoms with Gasteiger partial charge in [0.15, 0.2) is 0 Å². The fourth-order valence-corrected chi connectivity index (χ4v) is 2.89. The molecule has 4 heteroatoms. The van der Waals surface area contributed by atoms with Crippen LogP contribution in [0, 0.1) is 6.92 Å². The van der Waals surface area contributed by atoms with Crippen LogP contribution in [0.5, 0.6) is 5.75 Å². The molecule has 0 aliphatic carbocycles. The van der Waals surface area contributed by atoms with Crippen LogP contribution in [0.4, 0.5) is 0 Å². The predicted molar refractivity (Wildman–Crippen MR) is 74.1 cm³/mol. The highest BCUT2D eigenvalue weighted by molar-refractivity contribution is 7.99. The molecule has 2 aromatic rings. The second kappa shape index (κ2) is 5.98. The number of benzene rings is 1. The summed E-state index contributed by atoms with van der Waals surface area (Å²) in [6, 6.07) is 9.95. The third-order valence-corrected chi connectivity index (χ3v) is 4.19. The summed E-state index contributed by atoms with van der Waals surface area (Å²) >= 11 is 1.71. The summed E-state index contributed by atoms with van der Waals surface area (Å²) in [4.78, 5) is 1.12. The first-order chi connectivity index (χ1) is 8.76. The standard InChI is InChI=1S/C14H17NO2S/c1-10-13(7-8-17-10)18-14(9-15)11-5-3-4-6-12(11)16-2/h3-8,14H,9,15H2,1-2H3. The highest BCUT2D eigenvalue weighted by atomic mass is 32.2. The van der Waals surface area contributed by atoms with Gasteiger partial charge in [-0.2, -0.15) is 0 Å².